The van der Waals surface area contributed by atoms with Crippen molar-refractivity contribution in [2.45, 2.75) is 20.8 Å². The van der Waals surface area contributed by atoms with Gasteiger partial charge in [-0.3, -0.25) is 0 Å². The average Bonchev–Trinajstić information content (AvgIpc) is 3.03. The second-order valence-electron chi connectivity index (χ2n) is 4.72. The molecule has 0 bridgehead atoms. The summed E-state index contributed by atoms with van der Waals surface area (Å²) in [4.78, 5) is 28.2. The fourth-order valence-electron chi connectivity index (χ4n) is 1.64. The van der Waals surface area contributed by atoms with Gasteiger partial charge in [0.15, 0.2) is 11.5 Å². The van der Waals surface area contributed by atoms with Crippen LogP contribution in [0.25, 0.3) is 0 Å². The molecule has 1 heterocycles. The van der Waals surface area contributed by atoms with Crippen molar-refractivity contribution in [1.82, 2.24) is 5.16 Å². The van der Waals surface area contributed by atoms with Crippen LogP contribution in [0, 0.1) is 6.92 Å². The highest BCUT2D eigenvalue weighted by molar-refractivity contribution is 5.98. The highest BCUT2D eigenvalue weighted by atomic mass is 16.7. The molecule has 0 aliphatic rings. The fourth-order valence-corrected chi connectivity index (χ4v) is 1.64. The van der Waals surface area contributed by atoms with E-state index in [1.807, 2.05) is 6.92 Å². The molecule has 23 heavy (non-hydrogen) atoms. The number of ether oxygens (including phenoxy) is 1. The third kappa shape index (κ3) is 4.26. The van der Waals surface area contributed by atoms with E-state index in [1.165, 1.54) is 6.07 Å². The number of aryl methyl sites for hydroxylation is 1. The molecule has 1 aromatic heterocycles. The van der Waals surface area contributed by atoms with E-state index in [1.54, 1.807) is 38.1 Å². The van der Waals surface area contributed by atoms with Gasteiger partial charge >= 0.3 is 11.9 Å². The molecule has 0 amide bonds. The molecule has 2 rings (SSSR count). The number of esters is 1. The van der Waals surface area contributed by atoms with Gasteiger partial charge in [-0.25, -0.2) is 9.59 Å². The summed E-state index contributed by atoms with van der Waals surface area (Å²) in [5.74, 6) is -0.966. The van der Waals surface area contributed by atoms with Gasteiger partial charge in [0.1, 0.15) is 5.71 Å². The standard InChI is InChI=1S/C16H16N2O5/c1-4-21-16(20)13-9-14(22-18-13)11(3)17-23-15(19)12-7-5-10(2)6-8-12/h5-9H,4H2,1-3H3/b17-11+. The number of hydrogen-bond acceptors (Lipinski definition) is 7. The molecule has 2 aromatic rings. The van der Waals surface area contributed by atoms with Crippen LogP contribution in [0.2, 0.25) is 0 Å². The third-order valence-electron chi connectivity index (χ3n) is 2.90. The molecule has 0 saturated carbocycles. The van der Waals surface area contributed by atoms with Crippen LogP contribution in [0.5, 0.6) is 0 Å². The molecular weight excluding hydrogens is 300 g/mol. The largest absolute Gasteiger partial charge is 0.461 e. The Hall–Kier alpha value is -2.96. The average molecular weight is 316 g/mol. The lowest BCUT2D eigenvalue weighted by Crippen LogP contribution is -2.05. The van der Waals surface area contributed by atoms with E-state index in [9.17, 15) is 9.59 Å². The van der Waals surface area contributed by atoms with Crippen molar-refractivity contribution in [2.24, 2.45) is 5.16 Å². The Kier molecular flexibility index (Phi) is 5.24. The molecule has 0 unspecified atom stereocenters. The predicted molar refractivity (Wildman–Crippen MR) is 81.3 cm³/mol. The van der Waals surface area contributed by atoms with Crippen LogP contribution < -0.4 is 0 Å². The summed E-state index contributed by atoms with van der Waals surface area (Å²) >= 11 is 0. The molecule has 120 valence electrons. The van der Waals surface area contributed by atoms with Crippen molar-refractivity contribution in [2.75, 3.05) is 6.61 Å². The zero-order valence-corrected chi connectivity index (χ0v) is 13.0. The Bertz CT molecular complexity index is 731. The van der Waals surface area contributed by atoms with E-state index in [0.29, 0.717) is 5.56 Å². The molecule has 0 saturated heterocycles. The first-order chi connectivity index (χ1) is 11.0. The number of carbonyl (C=O) groups is 2. The van der Waals surface area contributed by atoms with Crippen LogP contribution in [0.15, 0.2) is 40.0 Å². The summed E-state index contributed by atoms with van der Waals surface area (Å²) in [5.41, 5.74) is 1.72. The smallest absolute Gasteiger partial charge is 0.365 e. The van der Waals surface area contributed by atoms with Gasteiger partial charge in [0.05, 0.1) is 12.2 Å². The summed E-state index contributed by atoms with van der Waals surface area (Å²) < 4.78 is 9.77. The van der Waals surface area contributed by atoms with Crippen molar-refractivity contribution in [3.63, 3.8) is 0 Å². The maximum absolute atomic E-state index is 11.8. The molecular formula is C16H16N2O5. The van der Waals surface area contributed by atoms with E-state index in [0.717, 1.165) is 5.56 Å². The summed E-state index contributed by atoms with van der Waals surface area (Å²) in [7, 11) is 0. The number of nitrogens with zero attached hydrogens (tertiary/aromatic N) is 2. The molecule has 0 radical (unpaired) electrons. The number of aromatic nitrogens is 1. The highest BCUT2D eigenvalue weighted by Crippen LogP contribution is 2.09. The second-order valence-corrected chi connectivity index (χ2v) is 4.72. The minimum absolute atomic E-state index is 0.0289. The summed E-state index contributed by atoms with van der Waals surface area (Å²) in [6.07, 6.45) is 0. The fraction of sp³-hybridized carbons (Fsp3) is 0.250. The Morgan fingerprint density at radius 1 is 1.22 bits per heavy atom. The van der Waals surface area contributed by atoms with Gasteiger partial charge in [0.2, 0.25) is 0 Å². The normalized spacial score (nSPS) is 11.2. The van der Waals surface area contributed by atoms with Crippen LogP contribution in [-0.4, -0.2) is 29.4 Å². The number of rotatable bonds is 5. The van der Waals surface area contributed by atoms with Crippen molar-refractivity contribution in [1.29, 1.82) is 0 Å². The first-order valence-electron chi connectivity index (χ1n) is 6.98. The van der Waals surface area contributed by atoms with Gasteiger partial charge in [-0.15, -0.1) is 0 Å². The van der Waals surface area contributed by atoms with Gasteiger partial charge in [-0.2, -0.15) is 0 Å². The Balaban J connectivity index is 2.03. The molecule has 1 aromatic carbocycles. The van der Waals surface area contributed by atoms with Crippen molar-refractivity contribution in [3.8, 4) is 0 Å². The minimum atomic E-state index is -0.591. The summed E-state index contributed by atoms with van der Waals surface area (Å²) in [6.45, 7) is 5.42. The zero-order chi connectivity index (χ0) is 16.8. The van der Waals surface area contributed by atoms with Crippen molar-refractivity contribution in [3.05, 3.63) is 52.9 Å². The SMILES string of the molecule is CCOC(=O)c1cc(/C(C)=N/OC(=O)c2ccc(C)cc2)on1. The minimum Gasteiger partial charge on any atom is -0.461 e. The number of oxime groups is 1. The first kappa shape index (κ1) is 16.4. The number of hydrogen-bond donors (Lipinski definition) is 0. The highest BCUT2D eigenvalue weighted by Gasteiger charge is 2.16. The topological polar surface area (TPSA) is 91.0 Å². The van der Waals surface area contributed by atoms with E-state index in [2.05, 4.69) is 10.3 Å². The van der Waals surface area contributed by atoms with E-state index >= 15 is 0 Å². The van der Waals surface area contributed by atoms with Crippen LogP contribution >= 0.6 is 0 Å². The predicted octanol–water partition coefficient (Wildman–Crippen LogP) is 2.74. The van der Waals surface area contributed by atoms with Crippen LogP contribution in [0.4, 0.5) is 0 Å². The number of benzene rings is 1. The zero-order valence-electron chi connectivity index (χ0n) is 13.0. The Labute approximate surface area is 132 Å². The monoisotopic (exact) mass is 316 g/mol. The summed E-state index contributed by atoms with van der Waals surface area (Å²) in [5, 5.41) is 7.27. The van der Waals surface area contributed by atoms with E-state index in [-0.39, 0.29) is 23.8 Å². The Morgan fingerprint density at radius 2 is 1.91 bits per heavy atom. The van der Waals surface area contributed by atoms with Crippen LogP contribution in [0.1, 0.15) is 46.0 Å². The molecule has 7 heteroatoms. The quantitative estimate of drug-likeness (QED) is 0.364. The van der Waals surface area contributed by atoms with Gasteiger partial charge in [0.25, 0.3) is 0 Å². The van der Waals surface area contributed by atoms with Gasteiger partial charge in [-0.05, 0) is 32.9 Å². The molecule has 0 fully saturated rings. The third-order valence-corrected chi connectivity index (χ3v) is 2.90. The maximum atomic E-state index is 11.8. The van der Waals surface area contributed by atoms with Crippen LogP contribution in [0.3, 0.4) is 0 Å². The van der Waals surface area contributed by atoms with Gasteiger partial charge < -0.3 is 14.1 Å². The van der Waals surface area contributed by atoms with E-state index < -0.39 is 11.9 Å². The van der Waals surface area contributed by atoms with Crippen LogP contribution in [-0.2, 0) is 9.57 Å². The van der Waals surface area contributed by atoms with Gasteiger partial charge in [0, 0.05) is 6.07 Å². The lowest BCUT2D eigenvalue weighted by atomic mass is 10.2. The maximum Gasteiger partial charge on any atom is 0.365 e. The molecule has 0 spiro atoms. The Morgan fingerprint density at radius 3 is 2.57 bits per heavy atom. The molecule has 0 aliphatic heterocycles. The van der Waals surface area contributed by atoms with Crippen molar-refractivity contribution < 1.29 is 23.7 Å². The molecule has 7 nitrogen and oxygen atoms in total. The van der Waals surface area contributed by atoms with Crippen molar-refractivity contribution >= 4 is 17.7 Å². The lowest BCUT2D eigenvalue weighted by Gasteiger charge is -1.99. The second kappa shape index (κ2) is 7.35. The first-order valence-corrected chi connectivity index (χ1v) is 6.98. The lowest BCUT2D eigenvalue weighted by molar-refractivity contribution is 0.0507. The molecule has 0 N–H and O–H groups in total. The number of carbonyl (C=O) groups excluding carboxylic acids is 2. The van der Waals surface area contributed by atoms with E-state index in [4.69, 9.17) is 14.1 Å². The van der Waals surface area contributed by atoms with Gasteiger partial charge in [-0.1, -0.05) is 28.0 Å². The molecule has 0 aliphatic carbocycles. The molecule has 0 atom stereocenters. The summed E-state index contributed by atoms with van der Waals surface area (Å²) in [6, 6.07) is 8.27.